The molecule has 0 heterocycles. The Hall–Kier alpha value is -1.30. The third-order valence-corrected chi connectivity index (χ3v) is 5.17. The first-order chi connectivity index (χ1) is 9.30. The molecule has 0 aliphatic carbocycles. The van der Waals surface area contributed by atoms with Gasteiger partial charge in [-0.15, -0.1) is 0 Å². The second-order valence-corrected chi connectivity index (χ2v) is 7.25. The number of rotatable bonds is 4. The van der Waals surface area contributed by atoms with Gasteiger partial charge >= 0.3 is 0 Å². The van der Waals surface area contributed by atoms with Gasteiger partial charge in [0.05, 0.1) is 0 Å². The maximum atomic E-state index is 2.36. The van der Waals surface area contributed by atoms with Gasteiger partial charge in [0.2, 0.25) is 0 Å². The smallest absolute Gasteiger partial charge is 0.0106 e. The standard InChI is InChI=1S/C20H28/c1-7-19(3,4)17-11-9-16-14-18(20(5,6)8-2)12-10-15(16)13-17/h9-14H,7-8H2,1-6H3. The zero-order valence-electron chi connectivity index (χ0n) is 13.9. The van der Waals surface area contributed by atoms with Crippen LogP contribution in [0, 0.1) is 0 Å². The summed E-state index contributed by atoms with van der Waals surface area (Å²) >= 11 is 0. The molecule has 2 aromatic carbocycles. The van der Waals surface area contributed by atoms with Crippen molar-refractivity contribution in [1.82, 2.24) is 0 Å². The van der Waals surface area contributed by atoms with Crippen LogP contribution in [0.3, 0.4) is 0 Å². The van der Waals surface area contributed by atoms with E-state index in [1.54, 1.807) is 0 Å². The van der Waals surface area contributed by atoms with E-state index >= 15 is 0 Å². The third kappa shape index (κ3) is 2.75. The minimum absolute atomic E-state index is 0.259. The SMILES string of the molecule is CCC(C)(C)c1ccc2cc(C(C)(C)CC)ccc2c1. The minimum Gasteiger partial charge on any atom is -0.0646 e. The first kappa shape index (κ1) is 15.1. The molecule has 0 unspecified atom stereocenters. The van der Waals surface area contributed by atoms with Crippen LogP contribution in [0.25, 0.3) is 10.8 Å². The molecule has 0 N–H and O–H groups in total. The van der Waals surface area contributed by atoms with Gasteiger partial charge in [0.25, 0.3) is 0 Å². The Bertz CT molecular complexity index is 547. The summed E-state index contributed by atoms with van der Waals surface area (Å²) in [7, 11) is 0. The summed E-state index contributed by atoms with van der Waals surface area (Å²) in [5.41, 5.74) is 3.40. The van der Waals surface area contributed by atoms with E-state index in [2.05, 4.69) is 77.9 Å². The number of hydrogen-bond donors (Lipinski definition) is 0. The Kier molecular flexibility index (Phi) is 3.95. The van der Waals surface area contributed by atoms with Crippen LogP contribution >= 0.6 is 0 Å². The highest BCUT2D eigenvalue weighted by Crippen LogP contribution is 2.32. The molecule has 0 saturated heterocycles. The highest BCUT2D eigenvalue weighted by Gasteiger charge is 2.20. The van der Waals surface area contributed by atoms with E-state index in [1.165, 1.54) is 34.7 Å². The normalized spacial score (nSPS) is 12.9. The Labute approximate surface area is 124 Å². The van der Waals surface area contributed by atoms with Crippen LogP contribution in [0.1, 0.15) is 65.5 Å². The Balaban J connectivity index is 2.50. The van der Waals surface area contributed by atoms with E-state index in [4.69, 9.17) is 0 Å². The van der Waals surface area contributed by atoms with Crippen molar-refractivity contribution < 1.29 is 0 Å². The van der Waals surface area contributed by atoms with Crippen LogP contribution in [0.15, 0.2) is 36.4 Å². The van der Waals surface area contributed by atoms with Gasteiger partial charge in [-0.25, -0.2) is 0 Å². The van der Waals surface area contributed by atoms with E-state index in [1.807, 2.05) is 0 Å². The van der Waals surface area contributed by atoms with Crippen molar-refractivity contribution in [3.8, 4) is 0 Å². The molecule has 2 rings (SSSR count). The minimum atomic E-state index is 0.259. The van der Waals surface area contributed by atoms with Gasteiger partial charge < -0.3 is 0 Å². The summed E-state index contributed by atoms with van der Waals surface area (Å²) in [6.07, 6.45) is 2.33. The van der Waals surface area contributed by atoms with Crippen LogP contribution < -0.4 is 0 Å². The van der Waals surface area contributed by atoms with Gasteiger partial charge in [0, 0.05) is 0 Å². The molecule has 0 fully saturated rings. The molecular weight excluding hydrogens is 240 g/mol. The average Bonchev–Trinajstić information content (AvgIpc) is 2.46. The fraction of sp³-hybridized carbons (Fsp3) is 0.500. The van der Waals surface area contributed by atoms with Gasteiger partial charge in [-0.1, -0.05) is 77.9 Å². The van der Waals surface area contributed by atoms with Gasteiger partial charge in [0.15, 0.2) is 0 Å². The number of benzene rings is 2. The van der Waals surface area contributed by atoms with Crippen molar-refractivity contribution in [2.75, 3.05) is 0 Å². The molecule has 0 atom stereocenters. The van der Waals surface area contributed by atoms with Crippen molar-refractivity contribution in [1.29, 1.82) is 0 Å². The van der Waals surface area contributed by atoms with Gasteiger partial charge in [-0.3, -0.25) is 0 Å². The predicted molar refractivity (Wildman–Crippen MR) is 90.6 cm³/mol. The van der Waals surface area contributed by atoms with Crippen LogP contribution in [0.4, 0.5) is 0 Å². The lowest BCUT2D eigenvalue weighted by molar-refractivity contribution is 0.505. The second-order valence-electron chi connectivity index (χ2n) is 7.25. The van der Waals surface area contributed by atoms with Gasteiger partial charge in [0.1, 0.15) is 0 Å². The van der Waals surface area contributed by atoms with E-state index in [-0.39, 0.29) is 10.8 Å². The molecule has 2 aromatic rings. The maximum Gasteiger partial charge on any atom is -0.0106 e. The average molecular weight is 268 g/mol. The first-order valence-electron chi connectivity index (χ1n) is 7.85. The van der Waals surface area contributed by atoms with Crippen LogP contribution in [-0.2, 0) is 10.8 Å². The highest BCUT2D eigenvalue weighted by molar-refractivity contribution is 5.84. The third-order valence-electron chi connectivity index (χ3n) is 5.17. The molecule has 20 heavy (non-hydrogen) atoms. The molecule has 108 valence electrons. The van der Waals surface area contributed by atoms with Crippen molar-refractivity contribution in [2.24, 2.45) is 0 Å². The van der Waals surface area contributed by atoms with Crippen LogP contribution in [0.2, 0.25) is 0 Å². The predicted octanol–water partition coefficient (Wildman–Crippen LogP) is 6.22. The molecule has 0 radical (unpaired) electrons. The fourth-order valence-corrected chi connectivity index (χ4v) is 2.50. The lowest BCUT2D eigenvalue weighted by atomic mass is 9.79. The molecule has 0 saturated carbocycles. The summed E-state index contributed by atoms with van der Waals surface area (Å²) in [6, 6.07) is 13.9. The van der Waals surface area contributed by atoms with Crippen LogP contribution in [0.5, 0.6) is 0 Å². The topological polar surface area (TPSA) is 0 Å². The zero-order chi connectivity index (χ0) is 15.0. The lowest BCUT2D eigenvalue weighted by Crippen LogP contribution is -2.16. The quantitative estimate of drug-likeness (QED) is 0.618. The summed E-state index contributed by atoms with van der Waals surface area (Å²) in [4.78, 5) is 0. The molecular formula is C20H28. The fourth-order valence-electron chi connectivity index (χ4n) is 2.50. The zero-order valence-corrected chi connectivity index (χ0v) is 13.9. The second kappa shape index (κ2) is 5.24. The Morgan fingerprint density at radius 3 is 1.30 bits per heavy atom. The molecule has 0 heteroatoms. The largest absolute Gasteiger partial charge is 0.0646 e. The number of fused-ring (bicyclic) bond motifs is 1. The molecule has 0 aliphatic heterocycles. The summed E-state index contributed by atoms with van der Waals surface area (Å²) in [5, 5.41) is 2.72. The van der Waals surface area contributed by atoms with E-state index in [9.17, 15) is 0 Å². The Morgan fingerprint density at radius 1 is 0.650 bits per heavy atom. The molecule has 0 bridgehead atoms. The van der Waals surface area contributed by atoms with Crippen molar-refractivity contribution in [2.45, 2.75) is 65.2 Å². The first-order valence-corrected chi connectivity index (χ1v) is 7.85. The van der Waals surface area contributed by atoms with Gasteiger partial charge in [-0.05, 0) is 45.6 Å². The summed E-state index contributed by atoms with van der Waals surface area (Å²) < 4.78 is 0. The van der Waals surface area contributed by atoms with Crippen LogP contribution in [-0.4, -0.2) is 0 Å². The molecule has 0 nitrogen and oxygen atoms in total. The van der Waals surface area contributed by atoms with E-state index < -0.39 is 0 Å². The monoisotopic (exact) mass is 268 g/mol. The van der Waals surface area contributed by atoms with Gasteiger partial charge in [-0.2, -0.15) is 0 Å². The van der Waals surface area contributed by atoms with Crippen molar-refractivity contribution in [3.63, 3.8) is 0 Å². The van der Waals surface area contributed by atoms with Crippen molar-refractivity contribution in [3.05, 3.63) is 47.5 Å². The molecule has 0 amide bonds. The summed E-state index contributed by atoms with van der Waals surface area (Å²) in [5.74, 6) is 0. The molecule has 0 spiro atoms. The Morgan fingerprint density at radius 2 is 1.00 bits per heavy atom. The molecule has 0 aromatic heterocycles. The number of hydrogen-bond acceptors (Lipinski definition) is 0. The molecule has 0 aliphatic rings. The van der Waals surface area contributed by atoms with E-state index in [0.717, 1.165) is 0 Å². The maximum absolute atomic E-state index is 2.36. The van der Waals surface area contributed by atoms with E-state index in [0.29, 0.717) is 0 Å². The summed E-state index contributed by atoms with van der Waals surface area (Å²) in [6.45, 7) is 13.8. The highest BCUT2D eigenvalue weighted by atomic mass is 14.2. The van der Waals surface area contributed by atoms with Crippen molar-refractivity contribution >= 4 is 10.8 Å². The lowest BCUT2D eigenvalue weighted by Gasteiger charge is -2.25.